The molecule has 4 heterocycles. The Balaban J connectivity index is 1.65. The van der Waals surface area contributed by atoms with Crippen molar-refractivity contribution in [3.05, 3.63) is 0 Å². The summed E-state index contributed by atoms with van der Waals surface area (Å²) in [6.45, 7) is 2.21. The number of ether oxygens (including phenoxy) is 8. The predicted octanol–water partition coefficient (Wildman–Crippen LogP) is -6.79. The lowest BCUT2D eigenvalue weighted by atomic mass is 9.92. The Kier molecular flexibility index (Phi) is 17.6. The van der Waals surface area contributed by atoms with Gasteiger partial charge in [0, 0.05) is 21.0 Å². The van der Waals surface area contributed by atoms with Crippen LogP contribution in [0.2, 0.25) is 0 Å². The lowest BCUT2D eigenvalue weighted by molar-refractivity contribution is -0.365. The molecule has 0 aromatic carbocycles. The highest BCUT2D eigenvalue weighted by atomic mass is 127. The topological polar surface area (TPSA) is 352 Å². The Morgan fingerprint density at radius 1 is 0.571 bits per heavy atom. The molecule has 0 aliphatic carbocycles. The van der Waals surface area contributed by atoms with E-state index < -0.39 is 159 Å². The number of rotatable bonds is 13. The second-order valence-electron chi connectivity index (χ2n) is 13.5. The van der Waals surface area contributed by atoms with Crippen LogP contribution in [0.15, 0.2) is 0 Å². The van der Waals surface area contributed by atoms with Gasteiger partial charge in [-0.2, -0.15) is 0 Å². The zero-order valence-corrected chi connectivity index (χ0v) is 34.5. The molecule has 0 aromatic heterocycles. The molecule has 56 heavy (non-hydrogen) atoms. The van der Waals surface area contributed by atoms with E-state index in [4.69, 9.17) is 37.9 Å². The first-order valence-corrected chi connectivity index (χ1v) is 19.4. The van der Waals surface area contributed by atoms with E-state index in [0.29, 0.717) is 0 Å². The first-order chi connectivity index (χ1) is 26.4. The molecule has 4 aliphatic heterocycles. The minimum Gasteiger partial charge on any atom is -0.394 e. The fraction of sp³-hybridized carbons (Fsp3) is 0.867. The van der Waals surface area contributed by atoms with Gasteiger partial charge in [-0.15, -0.1) is 0 Å². The first-order valence-electron chi connectivity index (χ1n) is 17.2. The van der Waals surface area contributed by atoms with Crippen molar-refractivity contribution in [1.82, 2.24) is 17.7 Å². The molecule has 24 nitrogen and oxygen atoms in total. The van der Waals surface area contributed by atoms with E-state index in [1.54, 1.807) is 0 Å². The zero-order chi connectivity index (χ0) is 41.8. The molecule has 4 rings (SSSR count). The van der Waals surface area contributed by atoms with Crippen LogP contribution in [0.5, 0.6) is 0 Å². The van der Waals surface area contributed by atoms with E-state index in [9.17, 15) is 60.0 Å². The summed E-state index contributed by atoms with van der Waals surface area (Å²) in [5, 5.41) is 91.7. The molecule has 4 fully saturated rings. The van der Waals surface area contributed by atoms with Crippen molar-refractivity contribution in [2.24, 2.45) is 0 Å². The molecule has 4 aliphatic rings. The summed E-state index contributed by atoms with van der Waals surface area (Å²) in [5.41, 5.74) is 0. The lowest BCUT2D eigenvalue weighted by Crippen LogP contribution is -2.71. The van der Waals surface area contributed by atoms with Crippen LogP contribution in [0.1, 0.15) is 20.8 Å². The summed E-state index contributed by atoms with van der Waals surface area (Å²) in [7, 11) is 1.16. The number of hydrogen-bond acceptors (Lipinski definition) is 20. The number of amides is 4. The smallest absolute Gasteiger partial charge is 0.260 e. The number of hydrogen-bond donors (Lipinski definition) is 12. The van der Waals surface area contributed by atoms with Crippen molar-refractivity contribution in [2.45, 2.75) is 143 Å². The van der Waals surface area contributed by atoms with Crippen LogP contribution in [-0.2, 0) is 57.1 Å². The quantitative estimate of drug-likeness (QED) is 0.0603. The number of aliphatic hydroxyl groups excluding tert-OH is 8. The van der Waals surface area contributed by atoms with Crippen LogP contribution in [0.4, 0.5) is 0 Å². The largest absolute Gasteiger partial charge is 0.394 e. The normalized spacial score (nSPS) is 44.3. The van der Waals surface area contributed by atoms with Gasteiger partial charge in [-0.25, -0.2) is 0 Å². The van der Waals surface area contributed by atoms with Crippen molar-refractivity contribution in [2.75, 3.05) is 20.3 Å². The maximum absolute atomic E-state index is 13.3. The van der Waals surface area contributed by atoms with Gasteiger partial charge in [-0.3, -0.25) is 26.2 Å². The van der Waals surface area contributed by atoms with E-state index >= 15 is 0 Å². The van der Waals surface area contributed by atoms with E-state index in [1.165, 1.54) is 59.6 Å². The van der Waals surface area contributed by atoms with Crippen molar-refractivity contribution in [3.8, 4) is 0 Å². The highest BCUT2D eigenvalue weighted by Crippen LogP contribution is 2.35. The summed E-state index contributed by atoms with van der Waals surface area (Å²) in [6, 6.07) is -2.71. The van der Waals surface area contributed by atoms with Gasteiger partial charge in [0.25, 0.3) is 11.8 Å². The Hall–Kier alpha value is -1.30. The van der Waals surface area contributed by atoms with Crippen LogP contribution in [0.3, 0.4) is 0 Å². The van der Waals surface area contributed by atoms with Gasteiger partial charge in [0.2, 0.25) is 11.8 Å². The summed E-state index contributed by atoms with van der Waals surface area (Å²) in [6.07, 6.45) is -30.4. The molecule has 4 amide bonds. The molecule has 19 unspecified atom stereocenters. The van der Waals surface area contributed by atoms with Crippen LogP contribution in [-0.4, -0.2) is 207 Å². The van der Waals surface area contributed by atoms with Gasteiger partial charge in [-0.1, -0.05) is 0 Å². The molecule has 20 atom stereocenters. The van der Waals surface area contributed by atoms with Crippen molar-refractivity contribution in [1.29, 1.82) is 0 Å². The number of nitrogens with one attached hydrogen (secondary N) is 4. The van der Waals surface area contributed by atoms with Crippen molar-refractivity contribution >= 4 is 69.4 Å². The van der Waals surface area contributed by atoms with Crippen LogP contribution < -0.4 is 17.7 Å². The molecule has 26 heteroatoms. The third kappa shape index (κ3) is 10.3. The molecule has 4 saturated heterocycles. The predicted molar refractivity (Wildman–Crippen MR) is 195 cm³/mol. The average molecular weight is 1040 g/mol. The number of carbonyl (C=O) groups excluding carboxylic acids is 4. The van der Waals surface area contributed by atoms with Gasteiger partial charge in [0.05, 0.1) is 71.1 Å². The zero-order valence-electron chi connectivity index (χ0n) is 30.2. The van der Waals surface area contributed by atoms with Gasteiger partial charge in [0.15, 0.2) is 31.1 Å². The minimum absolute atomic E-state index is 0.546. The van der Waals surface area contributed by atoms with Gasteiger partial charge < -0.3 is 89.4 Å². The molecular formula is C30H48I2N4O20. The Bertz CT molecular complexity index is 1360. The number of carbonyl (C=O) groups is 4. The van der Waals surface area contributed by atoms with Crippen molar-refractivity contribution < 1.29 is 97.9 Å². The molecule has 12 N–H and O–H groups in total. The molecular weight excluding hydrogens is 990 g/mol. The van der Waals surface area contributed by atoms with E-state index in [0.717, 1.165) is 14.0 Å². The third-order valence-electron chi connectivity index (χ3n) is 9.68. The number of aliphatic hydroxyl groups is 8. The molecule has 0 radical (unpaired) electrons. The van der Waals surface area contributed by atoms with Gasteiger partial charge in [-0.05, 0) is 6.92 Å². The second-order valence-corrected chi connectivity index (χ2v) is 14.5. The van der Waals surface area contributed by atoms with E-state index in [1.807, 2.05) is 0 Å². The second kappa shape index (κ2) is 20.8. The van der Waals surface area contributed by atoms with Gasteiger partial charge >= 0.3 is 0 Å². The average Bonchev–Trinajstić information content (AvgIpc) is 3.16. The molecule has 322 valence electrons. The van der Waals surface area contributed by atoms with E-state index in [-0.39, 0.29) is 0 Å². The van der Waals surface area contributed by atoms with Crippen LogP contribution in [0.25, 0.3) is 0 Å². The monoisotopic (exact) mass is 1040 g/mol. The standard InChI is InChI=1S/C30H48I2N4O20/c1-7-12(33-8(2)39)20(14(41)10(5-37)50-7)52-30-19(46)17(44)23(25(56-30)27(48)36-32)54-28-13(34-9(3)40)21(15(42)11(6-38)51-28)53-29-18(45)16(43)22(49-4)24(55-29)26(47)35-31/h7,10-25,28-30,37-38,41-46H,5-6H2,1-4H3,(H,33,39)(H,34,40)(H,35,47)(H,36,48)/t7-,10?,11?,12?,13?,14?,15?,16?,17?,18?,19?,20?,21?,22?,23?,24?,25?,28?,29?,30?/m0/s1. The number of methoxy groups -OCH3 is 1. The molecule has 0 aromatic rings. The van der Waals surface area contributed by atoms with E-state index in [2.05, 4.69) is 17.7 Å². The summed E-state index contributed by atoms with van der Waals surface area (Å²) in [5.74, 6) is -3.06. The maximum Gasteiger partial charge on any atom is 0.260 e. The molecule has 0 bridgehead atoms. The highest BCUT2D eigenvalue weighted by Gasteiger charge is 2.57. The summed E-state index contributed by atoms with van der Waals surface area (Å²) in [4.78, 5) is 50.4. The summed E-state index contributed by atoms with van der Waals surface area (Å²) >= 11 is 2.98. The highest BCUT2D eigenvalue weighted by molar-refractivity contribution is 14.1. The van der Waals surface area contributed by atoms with Crippen LogP contribution >= 0.6 is 45.7 Å². The molecule has 0 spiro atoms. The first kappa shape index (κ1) is 47.4. The Morgan fingerprint density at radius 3 is 1.43 bits per heavy atom. The third-order valence-corrected chi connectivity index (χ3v) is 10.7. The molecule has 0 saturated carbocycles. The Morgan fingerprint density at radius 2 is 0.982 bits per heavy atom. The lowest BCUT2D eigenvalue weighted by Gasteiger charge is -2.50. The van der Waals surface area contributed by atoms with Crippen molar-refractivity contribution in [3.63, 3.8) is 0 Å². The van der Waals surface area contributed by atoms with Crippen LogP contribution in [0, 0.1) is 0 Å². The SMILES string of the molecule is COC1C(C(=O)NI)OC(OC2C(O)C(CO)OC(OC3C(C(=O)NI)OC(OC4C(O)C(CO)O[C@@H](C)C4NC(C)=O)C(O)C3O)C2NC(C)=O)C(O)C1O. The minimum atomic E-state index is -2.09. The fourth-order valence-electron chi connectivity index (χ4n) is 6.92. The van der Waals surface area contributed by atoms with Gasteiger partial charge in [0.1, 0.15) is 79.3 Å². The summed E-state index contributed by atoms with van der Waals surface area (Å²) < 4.78 is 50.4. The maximum atomic E-state index is 13.3. The number of halogens is 2. The fourth-order valence-corrected chi connectivity index (χ4v) is 7.54. The Labute approximate surface area is 347 Å².